The molecule has 0 spiro atoms. The number of carbonyl (C=O) groups excluding carboxylic acids is 2. The fourth-order valence-electron chi connectivity index (χ4n) is 7.78. The number of alkyl carbamates (subject to hydrolysis) is 1. The van der Waals surface area contributed by atoms with Gasteiger partial charge in [-0.2, -0.15) is 0 Å². The number of nitro benzene ring substituents is 1. The van der Waals surface area contributed by atoms with Gasteiger partial charge in [-0.3, -0.25) is 10.1 Å². The summed E-state index contributed by atoms with van der Waals surface area (Å²) in [7, 11) is 0. The highest BCUT2D eigenvalue weighted by Gasteiger charge is 2.31. The molecule has 0 saturated heterocycles. The van der Waals surface area contributed by atoms with Crippen molar-refractivity contribution in [2.24, 2.45) is 0 Å². The van der Waals surface area contributed by atoms with Crippen LogP contribution in [0.2, 0.25) is 0 Å². The van der Waals surface area contributed by atoms with Crippen molar-refractivity contribution in [3.63, 3.8) is 0 Å². The Morgan fingerprint density at radius 1 is 0.621 bits per heavy atom. The lowest BCUT2D eigenvalue weighted by Gasteiger charge is -2.24. The Hall–Kier alpha value is -7.14. The lowest BCUT2D eigenvalue weighted by Crippen LogP contribution is -2.41. The van der Waals surface area contributed by atoms with Gasteiger partial charge in [0.2, 0.25) is 5.75 Å². The van der Waals surface area contributed by atoms with E-state index in [4.69, 9.17) is 18.9 Å². The highest BCUT2D eigenvalue weighted by Crippen LogP contribution is 2.45. The molecule has 0 saturated carbocycles. The molecule has 0 radical (unpaired) electrons. The van der Waals surface area contributed by atoms with E-state index in [2.05, 4.69) is 53.8 Å². The van der Waals surface area contributed by atoms with Crippen LogP contribution in [0.25, 0.3) is 22.3 Å². The van der Waals surface area contributed by atoms with Crippen LogP contribution in [0.15, 0.2) is 146 Å². The number of ether oxygens (including phenoxy) is 4. The normalized spacial score (nSPS) is 12.4. The van der Waals surface area contributed by atoms with E-state index in [0.717, 1.165) is 50.1 Å². The van der Waals surface area contributed by atoms with Gasteiger partial charge in [-0.15, -0.1) is 0 Å². The number of hydrogen-bond donors (Lipinski definition) is 1. The third-order valence-corrected chi connectivity index (χ3v) is 10.6. The Morgan fingerprint density at radius 3 is 1.69 bits per heavy atom. The number of amides is 2. The van der Waals surface area contributed by atoms with E-state index >= 15 is 0 Å². The number of nitro groups is 1. The van der Waals surface area contributed by atoms with Crippen molar-refractivity contribution in [2.75, 3.05) is 39.5 Å². The van der Waals surface area contributed by atoms with Gasteiger partial charge >= 0.3 is 17.9 Å². The van der Waals surface area contributed by atoms with Crippen molar-refractivity contribution in [3.8, 4) is 33.8 Å². The number of rotatable bonds is 15. The zero-order valence-corrected chi connectivity index (χ0v) is 31.6. The minimum Gasteiger partial charge on any atom is -0.492 e. The topological polar surface area (TPSA) is 129 Å². The minimum absolute atomic E-state index is 0.0328. The molecule has 6 aromatic rings. The van der Waals surface area contributed by atoms with Gasteiger partial charge in [0.05, 0.1) is 11.5 Å². The molecule has 292 valence electrons. The highest BCUT2D eigenvalue weighted by atomic mass is 16.6. The molecule has 6 aromatic carbocycles. The van der Waals surface area contributed by atoms with Crippen LogP contribution in [0.4, 0.5) is 15.3 Å². The third kappa shape index (κ3) is 8.20. The van der Waals surface area contributed by atoms with E-state index < -0.39 is 17.1 Å². The van der Waals surface area contributed by atoms with E-state index in [1.165, 1.54) is 23.1 Å². The molecule has 0 aromatic heterocycles. The quantitative estimate of drug-likeness (QED) is 0.0807. The monoisotopic (exact) mass is 775 g/mol. The summed E-state index contributed by atoms with van der Waals surface area (Å²) in [5.41, 5.74) is 9.57. The molecule has 8 rings (SSSR count). The maximum atomic E-state index is 13.8. The summed E-state index contributed by atoms with van der Waals surface area (Å²) in [5.74, 6) is 0.170. The average molecular weight is 776 g/mol. The second kappa shape index (κ2) is 17.3. The molecule has 0 fully saturated rings. The van der Waals surface area contributed by atoms with Gasteiger partial charge in [0, 0.05) is 37.1 Å². The summed E-state index contributed by atoms with van der Waals surface area (Å²) < 4.78 is 23.5. The van der Waals surface area contributed by atoms with Gasteiger partial charge in [-0.1, -0.05) is 127 Å². The van der Waals surface area contributed by atoms with Crippen molar-refractivity contribution in [1.29, 1.82) is 0 Å². The van der Waals surface area contributed by atoms with Gasteiger partial charge in [-0.25, -0.2) is 9.59 Å². The van der Waals surface area contributed by atoms with Gasteiger partial charge in [0.25, 0.3) is 0 Å². The standard InChI is InChI=1S/C47H41N3O8/c51-46(57-30-42-38-18-8-4-14-34(38)35-15-5-9-19-39(35)42)48-24-25-49(47(52)58-31-43-40-20-10-6-16-36(40)37-17-7-11-21-41(37)43)26-27-55-33-22-23-44(50(53)54)45(28-33)56-29-32-12-2-1-3-13-32/h1-23,28,42-43H,24-27,29-31H2,(H,48,51). The van der Waals surface area contributed by atoms with Crippen LogP contribution in [0.1, 0.15) is 39.7 Å². The summed E-state index contributed by atoms with van der Waals surface area (Å²) in [6, 6.07) is 46.1. The summed E-state index contributed by atoms with van der Waals surface area (Å²) in [4.78, 5) is 39.5. The maximum absolute atomic E-state index is 13.8. The Bertz CT molecular complexity index is 2350. The minimum atomic E-state index is -0.598. The van der Waals surface area contributed by atoms with Crippen LogP contribution in [0, 0.1) is 10.1 Å². The first-order valence-electron chi connectivity index (χ1n) is 19.2. The Kier molecular flexibility index (Phi) is 11.3. The predicted octanol–water partition coefficient (Wildman–Crippen LogP) is 9.34. The first-order valence-corrected chi connectivity index (χ1v) is 19.2. The first kappa shape index (κ1) is 37.8. The number of benzene rings is 6. The van der Waals surface area contributed by atoms with E-state index in [1.807, 2.05) is 78.9 Å². The molecular weight excluding hydrogens is 735 g/mol. The molecule has 2 aliphatic rings. The summed E-state index contributed by atoms with van der Waals surface area (Å²) >= 11 is 0. The van der Waals surface area contributed by atoms with E-state index in [-0.39, 0.29) is 69.3 Å². The lowest BCUT2D eigenvalue weighted by atomic mass is 9.98. The largest absolute Gasteiger partial charge is 0.492 e. The van der Waals surface area contributed by atoms with Crippen LogP contribution in [-0.2, 0) is 16.1 Å². The smallest absolute Gasteiger partial charge is 0.409 e. The first-order chi connectivity index (χ1) is 28.4. The molecule has 0 bridgehead atoms. The van der Waals surface area contributed by atoms with Crippen molar-refractivity contribution in [3.05, 3.63) is 184 Å². The zero-order chi connectivity index (χ0) is 39.8. The van der Waals surface area contributed by atoms with Gasteiger partial charge in [0.1, 0.15) is 32.2 Å². The molecule has 1 N–H and O–H groups in total. The van der Waals surface area contributed by atoms with Crippen molar-refractivity contribution >= 4 is 17.9 Å². The molecular formula is C47H41N3O8. The number of nitrogens with one attached hydrogen (secondary N) is 1. The molecule has 0 unspecified atom stereocenters. The second-order valence-corrected chi connectivity index (χ2v) is 14.1. The SMILES string of the molecule is O=C(NCCN(CCOc1ccc([N+](=O)[O-])c(OCc2ccccc2)c1)C(=O)OCC1c2ccccc2-c2ccccc21)OCC1c2ccccc2-c2ccccc21. The fraction of sp³-hybridized carbons (Fsp3) is 0.191. The van der Waals surface area contributed by atoms with Gasteiger partial charge in [0.15, 0.2) is 0 Å². The van der Waals surface area contributed by atoms with Crippen LogP contribution in [0.5, 0.6) is 11.5 Å². The average Bonchev–Trinajstić information content (AvgIpc) is 3.76. The van der Waals surface area contributed by atoms with Crippen molar-refractivity contribution in [1.82, 2.24) is 10.2 Å². The Labute approximate surface area is 335 Å². The summed E-state index contributed by atoms with van der Waals surface area (Å²) in [6.45, 7) is 0.749. The molecule has 11 nitrogen and oxygen atoms in total. The molecule has 11 heteroatoms. The molecule has 0 heterocycles. The van der Waals surface area contributed by atoms with Gasteiger partial charge < -0.3 is 29.2 Å². The second-order valence-electron chi connectivity index (χ2n) is 14.1. The number of carbonyl (C=O) groups is 2. The van der Waals surface area contributed by atoms with E-state index in [1.54, 1.807) is 0 Å². The molecule has 58 heavy (non-hydrogen) atoms. The Balaban J connectivity index is 0.914. The lowest BCUT2D eigenvalue weighted by molar-refractivity contribution is -0.386. The van der Waals surface area contributed by atoms with Crippen LogP contribution in [0.3, 0.4) is 0 Å². The molecule has 0 aliphatic heterocycles. The Morgan fingerprint density at radius 2 is 1.14 bits per heavy atom. The number of fused-ring (bicyclic) bond motifs is 6. The fourth-order valence-corrected chi connectivity index (χ4v) is 7.78. The van der Waals surface area contributed by atoms with Crippen LogP contribution in [-0.4, -0.2) is 61.5 Å². The summed E-state index contributed by atoms with van der Waals surface area (Å²) in [6.07, 6.45) is -1.17. The molecule has 0 atom stereocenters. The predicted molar refractivity (Wildman–Crippen MR) is 219 cm³/mol. The highest BCUT2D eigenvalue weighted by molar-refractivity contribution is 5.80. The maximum Gasteiger partial charge on any atom is 0.409 e. The molecule has 2 amide bonds. The third-order valence-electron chi connectivity index (χ3n) is 10.6. The zero-order valence-electron chi connectivity index (χ0n) is 31.6. The summed E-state index contributed by atoms with van der Waals surface area (Å²) in [5, 5.41) is 14.5. The van der Waals surface area contributed by atoms with E-state index in [9.17, 15) is 19.7 Å². The van der Waals surface area contributed by atoms with Crippen molar-refractivity contribution < 1.29 is 33.5 Å². The molecule has 2 aliphatic carbocycles. The van der Waals surface area contributed by atoms with E-state index in [0.29, 0.717) is 5.75 Å². The number of nitrogens with zero attached hydrogens (tertiary/aromatic N) is 2. The van der Waals surface area contributed by atoms with Crippen LogP contribution >= 0.6 is 0 Å². The van der Waals surface area contributed by atoms with Crippen LogP contribution < -0.4 is 14.8 Å². The number of hydrogen-bond acceptors (Lipinski definition) is 8. The van der Waals surface area contributed by atoms with Gasteiger partial charge in [-0.05, 0) is 56.1 Å². The van der Waals surface area contributed by atoms with Crippen molar-refractivity contribution in [2.45, 2.75) is 18.4 Å².